The fourth-order valence-electron chi connectivity index (χ4n) is 5.15. The van der Waals surface area contributed by atoms with E-state index in [9.17, 15) is 44.4 Å². The third-order valence-corrected chi connectivity index (χ3v) is 7.58. The normalized spacial score (nSPS) is 19.4. The van der Waals surface area contributed by atoms with Crippen LogP contribution in [0.5, 0.6) is 11.5 Å². The highest BCUT2D eigenvalue weighted by Crippen LogP contribution is 2.31. The standard InChI is InChI=1S/C33H45N5O10/c1-32(2,3)38(31(46)47)16-21(39)15-24-29(44)35-22(27(34)42)13-19-11-17(7-9-25(19)40)18-8-10-26(41)20(12-18)14-23(28(43)36-24)37-30(45)48-33(4,5)6/h7-12,21-24,39-41H,13-16H2,1-6H3,(H2,34,42)(H,35,44)(H,36,43)(H,37,45)(H,46,47)/t21?,22-,23-,24-/m0/s1. The van der Waals surface area contributed by atoms with Crippen LogP contribution in [0.25, 0.3) is 11.1 Å². The van der Waals surface area contributed by atoms with E-state index in [2.05, 4.69) is 16.0 Å². The van der Waals surface area contributed by atoms with E-state index in [4.69, 9.17) is 10.5 Å². The van der Waals surface area contributed by atoms with Crippen LogP contribution in [0.15, 0.2) is 36.4 Å². The minimum Gasteiger partial charge on any atom is -0.508 e. The summed E-state index contributed by atoms with van der Waals surface area (Å²) < 4.78 is 5.34. The Hall–Kier alpha value is -5.05. The number of rotatable bonds is 6. The number of nitrogens with one attached hydrogen (secondary N) is 3. The Balaban J connectivity index is 2.12. The van der Waals surface area contributed by atoms with Gasteiger partial charge in [-0.2, -0.15) is 0 Å². The van der Waals surface area contributed by atoms with Crippen molar-refractivity contribution in [1.82, 2.24) is 20.9 Å². The highest BCUT2D eigenvalue weighted by molar-refractivity contribution is 5.94. The molecule has 0 aliphatic carbocycles. The van der Waals surface area contributed by atoms with E-state index in [0.29, 0.717) is 11.1 Å². The lowest BCUT2D eigenvalue weighted by atomic mass is 9.95. The molecule has 4 bridgehead atoms. The molecule has 4 atom stereocenters. The lowest BCUT2D eigenvalue weighted by Gasteiger charge is -2.35. The fourth-order valence-corrected chi connectivity index (χ4v) is 5.15. The predicted molar refractivity (Wildman–Crippen MR) is 174 cm³/mol. The van der Waals surface area contributed by atoms with E-state index in [1.54, 1.807) is 65.8 Å². The molecular weight excluding hydrogens is 626 g/mol. The van der Waals surface area contributed by atoms with Gasteiger partial charge in [-0.3, -0.25) is 14.4 Å². The molecule has 0 fully saturated rings. The quantitative estimate of drug-likeness (QED) is 0.221. The number of aliphatic hydroxyl groups is 1. The minimum atomic E-state index is -1.57. The number of β-amino-alcohol motifs (C(OH)–C–C–N with tert-alkyl or cyclic N) is 1. The zero-order valence-corrected chi connectivity index (χ0v) is 27.9. The summed E-state index contributed by atoms with van der Waals surface area (Å²) in [7, 11) is 0. The van der Waals surface area contributed by atoms with Gasteiger partial charge in [0.1, 0.15) is 35.2 Å². The van der Waals surface area contributed by atoms with E-state index in [1.165, 1.54) is 12.1 Å². The zero-order valence-electron chi connectivity index (χ0n) is 27.9. The fraction of sp³-hybridized carbons (Fsp3) is 0.485. The van der Waals surface area contributed by atoms with Crippen LogP contribution < -0.4 is 21.7 Å². The summed E-state index contributed by atoms with van der Waals surface area (Å²) in [6, 6.07) is 4.80. The molecule has 0 spiro atoms. The highest BCUT2D eigenvalue weighted by atomic mass is 16.6. The lowest BCUT2D eigenvalue weighted by molar-refractivity contribution is -0.132. The van der Waals surface area contributed by atoms with Gasteiger partial charge >= 0.3 is 12.2 Å². The van der Waals surface area contributed by atoms with Crippen LogP contribution in [0.3, 0.4) is 0 Å². The maximum Gasteiger partial charge on any atom is 0.408 e. The number of phenols is 2. The molecule has 1 unspecified atom stereocenters. The number of ether oxygens (including phenoxy) is 1. The van der Waals surface area contributed by atoms with Gasteiger partial charge in [0.15, 0.2) is 0 Å². The van der Waals surface area contributed by atoms with Gasteiger partial charge < -0.3 is 51.7 Å². The van der Waals surface area contributed by atoms with Crippen molar-refractivity contribution in [2.24, 2.45) is 5.73 Å². The van der Waals surface area contributed by atoms with Gasteiger partial charge in [0.25, 0.3) is 0 Å². The second-order valence-electron chi connectivity index (χ2n) is 13.8. The first kappa shape index (κ1) is 37.4. The molecule has 1 aliphatic heterocycles. The number of aliphatic hydroxyl groups excluding tert-OH is 1. The van der Waals surface area contributed by atoms with Crippen LogP contribution in [0.1, 0.15) is 59.1 Å². The molecule has 2 aromatic rings. The monoisotopic (exact) mass is 671 g/mol. The summed E-state index contributed by atoms with van der Waals surface area (Å²) in [5.74, 6) is -3.19. The van der Waals surface area contributed by atoms with E-state index in [1.807, 2.05) is 0 Å². The zero-order chi connectivity index (χ0) is 36.1. The number of carbonyl (C=O) groups is 5. The van der Waals surface area contributed by atoms with Crippen molar-refractivity contribution >= 4 is 29.9 Å². The van der Waals surface area contributed by atoms with Crippen LogP contribution in [-0.2, 0) is 32.0 Å². The number of hydrogen-bond acceptors (Lipinski definition) is 9. The van der Waals surface area contributed by atoms with E-state index in [-0.39, 0.29) is 35.5 Å². The van der Waals surface area contributed by atoms with Crippen molar-refractivity contribution in [2.75, 3.05) is 6.54 Å². The smallest absolute Gasteiger partial charge is 0.408 e. The molecule has 3 rings (SSSR count). The molecule has 15 heteroatoms. The Morgan fingerprint density at radius 1 is 0.938 bits per heavy atom. The van der Waals surface area contributed by atoms with E-state index >= 15 is 0 Å². The second-order valence-corrected chi connectivity index (χ2v) is 13.8. The summed E-state index contributed by atoms with van der Waals surface area (Å²) in [5, 5.41) is 49.5. The van der Waals surface area contributed by atoms with Gasteiger partial charge in [0.05, 0.1) is 12.6 Å². The van der Waals surface area contributed by atoms with Crippen molar-refractivity contribution in [2.45, 2.75) is 96.2 Å². The van der Waals surface area contributed by atoms with Crippen molar-refractivity contribution in [3.05, 3.63) is 47.5 Å². The minimum absolute atomic E-state index is 0.180. The van der Waals surface area contributed by atoms with Gasteiger partial charge in [-0.15, -0.1) is 0 Å². The maximum atomic E-state index is 13.8. The SMILES string of the molecule is CC(C)(C)OC(=O)N[C@H]1Cc2cc(ccc2O)-c2ccc(O)c(c2)C[C@@H](C(N)=O)NC(=O)[C@H](CC(O)CN(C(=O)O)C(C)(C)C)NC1=O. The third kappa shape index (κ3) is 10.2. The molecule has 0 saturated carbocycles. The number of benzene rings is 2. The average Bonchev–Trinajstić information content (AvgIpc) is 2.94. The Bertz CT molecular complexity index is 1550. The van der Waals surface area contributed by atoms with Gasteiger partial charge in [-0.1, -0.05) is 12.1 Å². The van der Waals surface area contributed by atoms with E-state index < -0.39 is 78.2 Å². The second kappa shape index (κ2) is 14.8. The lowest BCUT2D eigenvalue weighted by Crippen LogP contribution is -2.58. The molecule has 2 aromatic carbocycles. The highest BCUT2D eigenvalue weighted by Gasteiger charge is 2.35. The summed E-state index contributed by atoms with van der Waals surface area (Å²) in [6.07, 6.45) is -4.79. The summed E-state index contributed by atoms with van der Waals surface area (Å²) >= 11 is 0. The molecule has 15 nitrogen and oxygen atoms in total. The van der Waals surface area contributed by atoms with Crippen molar-refractivity contribution in [3.8, 4) is 22.6 Å². The Morgan fingerprint density at radius 2 is 1.48 bits per heavy atom. The van der Waals surface area contributed by atoms with Crippen LogP contribution in [0.4, 0.5) is 9.59 Å². The Labute approximate surface area is 278 Å². The number of nitrogens with two attached hydrogens (primary N) is 1. The van der Waals surface area contributed by atoms with Gasteiger partial charge in [-0.25, -0.2) is 9.59 Å². The topological polar surface area (TPSA) is 241 Å². The van der Waals surface area contributed by atoms with Crippen molar-refractivity contribution in [1.29, 1.82) is 0 Å². The van der Waals surface area contributed by atoms with Crippen LogP contribution in [-0.4, -0.2) is 97.1 Å². The number of carbonyl (C=O) groups excluding carboxylic acids is 4. The number of alkyl carbamates (subject to hydrolysis) is 1. The molecule has 48 heavy (non-hydrogen) atoms. The number of primary amides is 1. The van der Waals surface area contributed by atoms with Gasteiger partial charge in [0.2, 0.25) is 17.7 Å². The van der Waals surface area contributed by atoms with Crippen LogP contribution >= 0.6 is 0 Å². The van der Waals surface area contributed by atoms with Crippen molar-refractivity contribution in [3.63, 3.8) is 0 Å². The van der Waals surface area contributed by atoms with E-state index in [0.717, 1.165) is 4.90 Å². The molecule has 5 amide bonds. The van der Waals surface area contributed by atoms with Gasteiger partial charge in [0, 0.05) is 24.8 Å². The number of nitrogens with zero attached hydrogens (tertiary/aromatic N) is 1. The van der Waals surface area contributed by atoms with Gasteiger partial charge in [-0.05, 0) is 88.1 Å². The maximum absolute atomic E-state index is 13.8. The molecule has 9 N–H and O–H groups in total. The number of amides is 5. The number of phenolic OH excluding ortho intramolecular Hbond substituents is 2. The molecule has 262 valence electrons. The Morgan fingerprint density at radius 3 is 1.96 bits per heavy atom. The molecule has 0 radical (unpaired) electrons. The first-order valence-electron chi connectivity index (χ1n) is 15.4. The number of fused-ring (bicyclic) bond motifs is 5. The van der Waals surface area contributed by atoms with Crippen LogP contribution in [0.2, 0.25) is 0 Å². The molecule has 0 aromatic heterocycles. The summed E-state index contributed by atoms with van der Waals surface area (Å²) in [6.45, 7) is 9.29. The third-order valence-electron chi connectivity index (χ3n) is 7.58. The average molecular weight is 672 g/mol. The predicted octanol–water partition coefficient (Wildman–Crippen LogP) is 1.74. The molecular formula is C33H45N5O10. The first-order chi connectivity index (χ1) is 22.1. The molecule has 1 aliphatic rings. The number of hydrogen-bond donors (Lipinski definition) is 8. The van der Waals surface area contributed by atoms with Crippen molar-refractivity contribution < 1.29 is 49.1 Å². The summed E-state index contributed by atoms with van der Waals surface area (Å²) in [4.78, 5) is 65.8. The van der Waals surface area contributed by atoms with Crippen LogP contribution in [0, 0.1) is 0 Å². The molecule has 0 saturated heterocycles. The largest absolute Gasteiger partial charge is 0.508 e. The first-order valence-corrected chi connectivity index (χ1v) is 15.4. The summed E-state index contributed by atoms with van der Waals surface area (Å²) in [5.41, 5.74) is 5.41. The Kier molecular flexibility index (Phi) is 11.5. The number of aromatic hydroxyl groups is 2. The molecule has 1 heterocycles. The number of carboxylic acid groups (broad SMARTS) is 1.